The number of nitrogens with zero attached hydrogens (tertiary/aromatic N) is 2. The molecule has 2 aromatic rings. The first-order chi connectivity index (χ1) is 8.34. The van der Waals surface area contributed by atoms with Crippen molar-refractivity contribution in [2.24, 2.45) is 5.73 Å². The van der Waals surface area contributed by atoms with Crippen LogP contribution in [0.15, 0.2) is 30.5 Å². The van der Waals surface area contributed by atoms with Gasteiger partial charge >= 0.3 is 0 Å². The zero-order valence-electron chi connectivity index (χ0n) is 9.54. The van der Waals surface area contributed by atoms with E-state index in [2.05, 4.69) is 33.0 Å². The number of nitrogens with two attached hydrogens (primary N) is 1. The van der Waals surface area contributed by atoms with Crippen LogP contribution in [0.25, 0.3) is 0 Å². The van der Waals surface area contributed by atoms with Crippen molar-refractivity contribution in [3.63, 3.8) is 0 Å². The summed E-state index contributed by atoms with van der Waals surface area (Å²) < 4.78 is 8.21. The van der Waals surface area contributed by atoms with Crippen molar-refractivity contribution in [1.29, 1.82) is 0 Å². The van der Waals surface area contributed by atoms with E-state index in [1.807, 2.05) is 0 Å². The highest BCUT2D eigenvalue weighted by Crippen LogP contribution is 2.37. The topological polar surface area (TPSA) is 51.8 Å². The highest BCUT2D eigenvalue weighted by atomic mass is 32.1. The highest BCUT2D eigenvalue weighted by molar-refractivity contribution is 6.99. The second-order valence-electron chi connectivity index (χ2n) is 4.61. The molecule has 88 valence electrons. The number of hydrogen-bond acceptors (Lipinski definition) is 4. The fourth-order valence-electron chi connectivity index (χ4n) is 2.23. The highest BCUT2D eigenvalue weighted by Gasteiger charge is 2.20. The van der Waals surface area contributed by atoms with E-state index >= 15 is 0 Å². The summed E-state index contributed by atoms with van der Waals surface area (Å²) in [7, 11) is 0. The average Bonchev–Trinajstić information content (AvgIpc) is 2.79. The van der Waals surface area contributed by atoms with Gasteiger partial charge in [-0.3, -0.25) is 0 Å². The summed E-state index contributed by atoms with van der Waals surface area (Å²) in [6, 6.07) is 8.47. The molecule has 1 fully saturated rings. The fraction of sp³-hybridized carbons (Fsp3) is 0.385. The number of aromatic nitrogens is 2. The van der Waals surface area contributed by atoms with Crippen LogP contribution in [0, 0.1) is 0 Å². The third-order valence-electron chi connectivity index (χ3n) is 3.54. The van der Waals surface area contributed by atoms with Crippen molar-refractivity contribution in [3.05, 3.63) is 47.3 Å². The van der Waals surface area contributed by atoms with Gasteiger partial charge in [0, 0.05) is 0 Å². The normalized spacial score (nSPS) is 17.7. The van der Waals surface area contributed by atoms with Gasteiger partial charge in [0.15, 0.2) is 0 Å². The quantitative estimate of drug-likeness (QED) is 0.904. The van der Waals surface area contributed by atoms with E-state index in [4.69, 9.17) is 5.73 Å². The van der Waals surface area contributed by atoms with E-state index in [0.29, 0.717) is 0 Å². The van der Waals surface area contributed by atoms with Crippen LogP contribution < -0.4 is 5.73 Å². The van der Waals surface area contributed by atoms with Crippen LogP contribution in [0.5, 0.6) is 0 Å². The van der Waals surface area contributed by atoms with Crippen LogP contribution in [0.2, 0.25) is 0 Å². The summed E-state index contributed by atoms with van der Waals surface area (Å²) in [4.78, 5) is 0. The molecule has 0 spiro atoms. The molecule has 1 aromatic heterocycles. The molecule has 1 aliphatic carbocycles. The van der Waals surface area contributed by atoms with Gasteiger partial charge in [0.1, 0.15) is 0 Å². The van der Waals surface area contributed by atoms with Crippen molar-refractivity contribution in [1.82, 2.24) is 8.75 Å². The molecule has 1 unspecified atom stereocenters. The molecular weight excluding hydrogens is 230 g/mol. The zero-order chi connectivity index (χ0) is 11.7. The van der Waals surface area contributed by atoms with E-state index in [0.717, 1.165) is 17.2 Å². The summed E-state index contributed by atoms with van der Waals surface area (Å²) in [6.07, 6.45) is 5.75. The molecular formula is C13H15N3S. The predicted molar refractivity (Wildman–Crippen MR) is 69.0 cm³/mol. The van der Waals surface area contributed by atoms with Crippen molar-refractivity contribution in [2.75, 3.05) is 0 Å². The molecule has 3 rings (SSSR count). The molecule has 0 aliphatic heterocycles. The van der Waals surface area contributed by atoms with Crippen LogP contribution in [-0.4, -0.2) is 8.75 Å². The molecule has 1 heterocycles. The van der Waals surface area contributed by atoms with Crippen LogP contribution in [0.3, 0.4) is 0 Å². The molecule has 0 amide bonds. The van der Waals surface area contributed by atoms with Crippen molar-refractivity contribution >= 4 is 11.7 Å². The molecule has 2 N–H and O–H groups in total. The Labute approximate surface area is 105 Å². The van der Waals surface area contributed by atoms with Crippen LogP contribution in [0.1, 0.15) is 48.0 Å². The SMILES string of the molecule is NC(c1cccc(C2CCC2)c1)c1cnsn1. The van der Waals surface area contributed by atoms with Gasteiger partial charge in [0.25, 0.3) is 0 Å². The van der Waals surface area contributed by atoms with Gasteiger partial charge in [-0.2, -0.15) is 8.75 Å². The Kier molecular flexibility index (Phi) is 2.91. The minimum Gasteiger partial charge on any atom is -0.319 e. The summed E-state index contributed by atoms with van der Waals surface area (Å²) in [6.45, 7) is 0. The van der Waals surface area contributed by atoms with E-state index in [1.54, 1.807) is 6.20 Å². The lowest BCUT2D eigenvalue weighted by Crippen LogP contribution is -2.14. The summed E-state index contributed by atoms with van der Waals surface area (Å²) in [5.41, 5.74) is 9.62. The average molecular weight is 245 g/mol. The minimum atomic E-state index is -0.145. The summed E-state index contributed by atoms with van der Waals surface area (Å²) in [5.74, 6) is 0.746. The maximum absolute atomic E-state index is 6.19. The standard InChI is InChI=1S/C13H15N3S/c14-13(12-8-15-17-16-12)11-6-2-5-10(7-11)9-3-1-4-9/h2,5-9,13H,1,3-4,14H2. The van der Waals surface area contributed by atoms with Crippen molar-refractivity contribution in [2.45, 2.75) is 31.2 Å². The van der Waals surface area contributed by atoms with E-state index < -0.39 is 0 Å². The number of rotatable bonds is 3. The molecule has 1 aromatic carbocycles. The molecule has 1 saturated carbocycles. The molecule has 1 aliphatic rings. The maximum atomic E-state index is 6.19. The molecule has 17 heavy (non-hydrogen) atoms. The number of hydrogen-bond donors (Lipinski definition) is 1. The second-order valence-corrected chi connectivity index (χ2v) is 5.16. The first kappa shape index (κ1) is 10.9. The lowest BCUT2D eigenvalue weighted by atomic mass is 9.79. The first-order valence-electron chi connectivity index (χ1n) is 5.97. The summed E-state index contributed by atoms with van der Waals surface area (Å²) >= 11 is 1.21. The van der Waals surface area contributed by atoms with E-state index in [9.17, 15) is 0 Å². The number of benzene rings is 1. The fourth-order valence-corrected chi connectivity index (χ4v) is 2.68. The predicted octanol–water partition coefficient (Wildman–Crippen LogP) is 2.85. The maximum Gasteiger partial charge on any atom is 0.0955 e. The molecule has 1 atom stereocenters. The Hall–Kier alpha value is -1.26. The van der Waals surface area contributed by atoms with E-state index in [-0.39, 0.29) is 6.04 Å². The van der Waals surface area contributed by atoms with Crippen LogP contribution >= 0.6 is 11.7 Å². The minimum absolute atomic E-state index is 0.145. The lowest BCUT2D eigenvalue weighted by Gasteiger charge is -2.26. The lowest BCUT2D eigenvalue weighted by molar-refractivity contribution is 0.419. The Morgan fingerprint density at radius 3 is 2.88 bits per heavy atom. The van der Waals surface area contributed by atoms with Gasteiger partial charge in [-0.1, -0.05) is 30.7 Å². The van der Waals surface area contributed by atoms with Crippen LogP contribution in [0.4, 0.5) is 0 Å². The second kappa shape index (κ2) is 4.55. The van der Waals surface area contributed by atoms with Crippen molar-refractivity contribution < 1.29 is 0 Å². The molecule has 0 saturated heterocycles. The monoisotopic (exact) mass is 245 g/mol. The van der Waals surface area contributed by atoms with Gasteiger partial charge in [0.2, 0.25) is 0 Å². The van der Waals surface area contributed by atoms with E-state index in [1.165, 1.54) is 36.6 Å². The molecule has 0 radical (unpaired) electrons. The Bertz CT molecular complexity index is 491. The van der Waals surface area contributed by atoms with Gasteiger partial charge in [-0.15, -0.1) is 0 Å². The van der Waals surface area contributed by atoms with Gasteiger partial charge in [0.05, 0.1) is 29.7 Å². The molecule has 4 heteroatoms. The third-order valence-corrected chi connectivity index (χ3v) is 4.04. The molecule has 3 nitrogen and oxygen atoms in total. The Balaban J connectivity index is 1.87. The smallest absolute Gasteiger partial charge is 0.0955 e. The molecule has 0 bridgehead atoms. The largest absolute Gasteiger partial charge is 0.319 e. The Morgan fingerprint density at radius 2 is 2.24 bits per heavy atom. The van der Waals surface area contributed by atoms with Gasteiger partial charge in [-0.25, -0.2) is 0 Å². The van der Waals surface area contributed by atoms with Crippen LogP contribution in [-0.2, 0) is 0 Å². The zero-order valence-corrected chi connectivity index (χ0v) is 10.4. The summed E-state index contributed by atoms with van der Waals surface area (Å²) in [5, 5.41) is 0. The van der Waals surface area contributed by atoms with Gasteiger partial charge in [-0.05, 0) is 29.9 Å². The third kappa shape index (κ3) is 2.10. The Morgan fingerprint density at radius 1 is 1.35 bits per heavy atom. The van der Waals surface area contributed by atoms with Crippen molar-refractivity contribution in [3.8, 4) is 0 Å². The van der Waals surface area contributed by atoms with Gasteiger partial charge < -0.3 is 5.73 Å². The first-order valence-corrected chi connectivity index (χ1v) is 6.70.